The predicted octanol–water partition coefficient (Wildman–Crippen LogP) is -10.6. The molecule has 0 aliphatic rings. The van der Waals surface area contributed by atoms with E-state index in [1.165, 1.54) is 0 Å². The van der Waals surface area contributed by atoms with Crippen LogP contribution in [0, 0.1) is 0 Å². The van der Waals surface area contributed by atoms with Gasteiger partial charge in [-0.2, -0.15) is 0 Å². The molecule has 0 aliphatic carbocycles. The summed E-state index contributed by atoms with van der Waals surface area (Å²) in [5.74, 6) is 0.322. The second-order valence-corrected chi connectivity index (χ2v) is 1.34. The number of rotatable bonds is 0. The van der Waals surface area contributed by atoms with Crippen LogP contribution < -0.4 is 49.6 Å². The van der Waals surface area contributed by atoms with Crippen LogP contribution in [0.4, 0.5) is 0 Å². The van der Waals surface area contributed by atoms with Gasteiger partial charge in [-0.15, -0.1) is 0 Å². The standard InChI is InChI=1S/C6H6O.4ClH.Nb/c7-6-4-2-1-3-5-6;;;;;/h1-5,7H;4*1H;/p-4. The van der Waals surface area contributed by atoms with Gasteiger partial charge in [0.1, 0.15) is 5.75 Å². The van der Waals surface area contributed by atoms with Gasteiger partial charge in [-0.1, -0.05) is 18.2 Å². The Morgan fingerprint density at radius 3 is 1.25 bits per heavy atom. The quantitative estimate of drug-likeness (QED) is 0.469. The summed E-state index contributed by atoms with van der Waals surface area (Å²) in [6.45, 7) is 0. The van der Waals surface area contributed by atoms with Gasteiger partial charge in [0.05, 0.1) is 0 Å². The topological polar surface area (TPSA) is 20.2 Å². The van der Waals surface area contributed by atoms with Gasteiger partial charge in [-0.05, 0) is 12.1 Å². The molecule has 6 heteroatoms. The Morgan fingerprint density at radius 2 is 1.08 bits per heavy atom. The SMILES string of the molecule is Oc1ccccc1.[Cl-].[Cl-].[Cl-].[Cl-].[Nb]. The van der Waals surface area contributed by atoms with Gasteiger partial charge >= 0.3 is 0 Å². The van der Waals surface area contributed by atoms with Crippen LogP contribution in [0.2, 0.25) is 0 Å². The maximum atomic E-state index is 8.63. The molecule has 12 heavy (non-hydrogen) atoms. The Labute approximate surface area is 112 Å². The number of aromatic hydroxyl groups is 1. The van der Waals surface area contributed by atoms with E-state index in [-0.39, 0.29) is 72.0 Å². The van der Waals surface area contributed by atoms with Crippen LogP contribution in [0.3, 0.4) is 0 Å². The van der Waals surface area contributed by atoms with E-state index in [0.717, 1.165) is 0 Å². The molecular weight excluding hydrogens is 323 g/mol. The molecule has 1 rings (SSSR count). The van der Waals surface area contributed by atoms with Crippen molar-refractivity contribution in [2.45, 2.75) is 0 Å². The zero-order valence-corrected chi connectivity index (χ0v) is 11.0. The summed E-state index contributed by atoms with van der Waals surface area (Å²) in [6, 6.07) is 8.71. The van der Waals surface area contributed by atoms with Gasteiger partial charge in [0.25, 0.3) is 0 Å². The van der Waals surface area contributed by atoms with Crippen LogP contribution in [0.5, 0.6) is 5.75 Å². The molecule has 1 nitrogen and oxygen atoms in total. The van der Waals surface area contributed by atoms with Crippen molar-refractivity contribution in [3.05, 3.63) is 30.3 Å². The number of phenolic OH excluding ortho intramolecular Hbond substituents is 1. The van der Waals surface area contributed by atoms with Gasteiger partial charge in [0.2, 0.25) is 0 Å². The van der Waals surface area contributed by atoms with Crippen LogP contribution in [-0.4, -0.2) is 5.11 Å². The number of halogens is 4. The van der Waals surface area contributed by atoms with Crippen LogP contribution in [0.15, 0.2) is 30.3 Å². The average Bonchev–Trinajstić information content (AvgIpc) is 1.69. The largest absolute Gasteiger partial charge is 1.00 e. The van der Waals surface area contributed by atoms with Gasteiger partial charge in [-0.3, -0.25) is 0 Å². The fourth-order valence-corrected chi connectivity index (χ4v) is 0.428. The Kier molecular flexibility index (Phi) is 43.6. The van der Waals surface area contributed by atoms with Crippen molar-refractivity contribution in [3.8, 4) is 5.75 Å². The molecule has 0 unspecified atom stereocenters. The molecule has 0 spiro atoms. The molecule has 1 aromatic rings. The van der Waals surface area contributed by atoms with Gasteiger partial charge in [0.15, 0.2) is 0 Å². The first kappa shape index (κ1) is 29.3. The molecule has 0 bridgehead atoms. The fraction of sp³-hybridized carbons (Fsp3) is 0. The summed E-state index contributed by atoms with van der Waals surface area (Å²) >= 11 is 0. The monoisotopic (exact) mass is 327 g/mol. The van der Waals surface area contributed by atoms with Crippen molar-refractivity contribution in [3.63, 3.8) is 0 Å². The Morgan fingerprint density at radius 1 is 0.750 bits per heavy atom. The maximum absolute atomic E-state index is 8.63. The Balaban J connectivity index is -0.0000000327. The summed E-state index contributed by atoms with van der Waals surface area (Å²) in [7, 11) is 0. The number of phenols is 1. The van der Waals surface area contributed by atoms with Gasteiger partial charge in [0, 0.05) is 22.4 Å². The van der Waals surface area contributed by atoms with Gasteiger partial charge < -0.3 is 54.7 Å². The van der Waals surface area contributed by atoms with E-state index in [2.05, 4.69) is 0 Å². The second-order valence-electron chi connectivity index (χ2n) is 1.34. The smallest absolute Gasteiger partial charge is 0.115 e. The van der Waals surface area contributed by atoms with Crippen LogP contribution >= 0.6 is 0 Å². The number of para-hydroxylation sites is 1. The van der Waals surface area contributed by atoms with Crippen molar-refractivity contribution in [2.24, 2.45) is 0 Å². The van der Waals surface area contributed by atoms with Crippen molar-refractivity contribution in [2.75, 3.05) is 0 Å². The van der Waals surface area contributed by atoms with Crippen molar-refractivity contribution in [1.29, 1.82) is 0 Å². The Bertz CT molecular complexity index is 149. The zero-order chi connectivity index (χ0) is 5.11. The molecule has 0 saturated carbocycles. The molecule has 1 radical (unpaired) electrons. The minimum Gasteiger partial charge on any atom is -1.00 e. The van der Waals surface area contributed by atoms with Crippen molar-refractivity contribution >= 4 is 0 Å². The molecule has 0 aromatic heterocycles. The van der Waals surface area contributed by atoms with E-state index < -0.39 is 0 Å². The first-order valence-electron chi connectivity index (χ1n) is 2.13. The van der Waals surface area contributed by atoms with E-state index in [9.17, 15) is 0 Å². The van der Waals surface area contributed by atoms with Crippen molar-refractivity contribution < 1.29 is 77.1 Å². The molecular formula is C6H6Cl4NbO-4. The van der Waals surface area contributed by atoms with E-state index >= 15 is 0 Å². The Hall–Kier alpha value is 0.920. The van der Waals surface area contributed by atoms with E-state index in [1.807, 2.05) is 6.07 Å². The second kappa shape index (κ2) is 17.9. The molecule has 0 heterocycles. The number of hydrogen-bond donors (Lipinski definition) is 1. The molecule has 1 N–H and O–H groups in total. The third-order valence-electron chi connectivity index (χ3n) is 0.756. The van der Waals surface area contributed by atoms with E-state index in [1.54, 1.807) is 24.3 Å². The summed E-state index contributed by atoms with van der Waals surface area (Å²) in [5, 5.41) is 8.63. The summed E-state index contributed by atoms with van der Waals surface area (Å²) in [6.07, 6.45) is 0. The average molecular weight is 329 g/mol. The molecule has 73 valence electrons. The maximum Gasteiger partial charge on any atom is 0.115 e. The zero-order valence-electron chi connectivity index (χ0n) is 5.79. The molecule has 0 aliphatic heterocycles. The first-order chi connectivity index (χ1) is 3.39. The first-order valence-corrected chi connectivity index (χ1v) is 2.13. The summed E-state index contributed by atoms with van der Waals surface area (Å²) in [4.78, 5) is 0. The number of hydrogen-bond acceptors (Lipinski definition) is 1. The van der Waals surface area contributed by atoms with E-state index in [4.69, 9.17) is 5.11 Å². The fourth-order valence-electron chi connectivity index (χ4n) is 0.428. The van der Waals surface area contributed by atoms with Gasteiger partial charge in [-0.25, -0.2) is 0 Å². The third-order valence-corrected chi connectivity index (χ3v) is 0.756. The molecule has 0 amide bonds. The summed E-state index contributed by atoms with van der Waals surface area (Å²) < 4.78 is 0. The molecule has 0 fully saturated rings. The minimum absolute atomic E-state index is 0. The van der Waals surface area contributed by atoms with Crippen LogP contribution in [0.25, 0.3) is 0 Å². The van der Waals surface area contributed by atoms with Crippen LogP contribution in [-0.2, 0) is 22.4 Å². The summed E-state index contributed by atoms with van der Waals surface area (Å²) in [5.41, 5.74) is 0. The molecule has 1 aromatic carbocycles. The molecule has 0 atom stereocenters. The predicted molar refractivity (Wildman–Crippen MR) is 28.1 cm³/mol. The van der Waals surface area contributed by atoms with Crippen LogP contribution in [0.1, 0.15) is 0 Å². The van der Waals surface area contributed by atoms with Crippen molar-refractivity contribution in [1.82, 2.24) is 0 Å². The number of benzene rings is 1. The minimum atomic E-state index is 0. The van der Waals surface area contributed by atoms with E-state index in [0.29, 0.717) is 5.75 Å². The third kappa shape index (κ3) is 13.5. The normalized spacial score (nSPS) is 5.00. The molecule has 0 saturated heterocycles.